The van der Waals surface area contributed by atoms with Crippen LogP contribution in [0.25, 0.3) is 0 Å². The molecule has 4 rings (SSSR count). The molecule has 186 valence electrons. The maximum Gasteiger partial charge on any atom is 0.192 e. The van der Waals surface area contributed by atoms with Crippen molar-refractivity contribution in [3.63, 3.8) is 0 Å². The number of benzene rings is 3. The normalized spacial score (nSPS) is 15.4. The molecule has 0 unspecified atom stereocenters. The molecule has 1 aliphatic carbocycles. The van der Waals surface area contributed by atoms with Gasteiger partial charge in [0.1, 0.15) is 0 Å². The van der Waals surface area contributed by atoms with Crippen molar-refractivity contribution in [3.05, 3.63) is 119 Å². The van der Waals surface area contributed by atoms with Crippen LogP contribution in [-0.4, -0.2) is 9.86 Å². The number of Topliss-reactive ketones (excluding diaryl/α,β-unsaturated/α-hetero) is 1. The van der Waals surface area contributed by atoms with Gasteiger partial charge in [-0.15, -0.1) is 23.5 Å². The van der Waals surface area contributed by atoms with Gasteiger partial charge >= 0.3 is 0 Å². The molecule has 3 aromatic carbocycles. The Morgan fingerprint density at radius 3 is 1.61 bits per heavy atom. The molecular formula is C33H36OS2. The minimum atomic E-state index is -0.261. The predicted octanol–water partition coefficient (Wildman–Crippen LogP) is 9.63. The van der Waals surface area contributed by atoms with E-state index in [9.17, 15) is 4.79 Å². The minimum absolute atomic E-state index is 0.0431. The van der Waals surface area contributed by atoms with E-state index in [1.807, 2.05) is 59.9 Å². The Balaban J connectivity index is 1.74. The van der Waals surface area contributed by atoms with E-state index in [1.165, 1.54) is 20.9 Å². The van der Waals surface area contributed by atoms with Crippen LogP contribution in [0.1, 0.15) is 69.4 Å². The summed E-state index contributed by atoms with van der Waals surface area (Å²) < 4.78 is -0.261. The van der Waals surface area contributed by atoms with Crippen LogP contribution < -0.4 is 0 Å². The van der Waals surface area contributed by atoms with Crippen LogP contribution in [-0.2, 0) is 10.8 Å². The van der Waals surface area contributed by atoms with Crippen molar-refractivity contribution in [3.8, 4) is 0 Å². The van der Waals surface area contributed by atoms with Crippen molar-refractivity contribution in [2.24, 2.45) is 0 Å². The van der Waals surface area contributed by atoms with Gasteiger partial charge in [0.05, 0.1) is 4.08 Å². The lowest BCUT2D eigenvalue weighted by atomic mass is 9.87. The zero-order valence-corrected chi connectivity index (χ0v) is 23.8. The predicted molar refractivity (Wildman–Crippen MR) is 157 cm³/mol. The first-order valence-electron chi connectivity index (χ1n) is 12.5. The largest absolute Gasteiger partial charge is 0.289 e. The summed E-state index contributed by atoms with van der Waals surface area (Å²) in [5, 5.41) is 0. The Labute approximate surface area is 225 Å². The van der Waals surface area contributed by atoms with Crippen molar-refractivity contribution in [1.82, 2.24) is 0 Å². The van der Waals surface area contributed by atoms with Gasteiger partial charge < -0.3 is 0 Å². The molecule has 0 bridgehead atoms. The van der Waals surface area contributed by atoms with E-state index in [0.29, 0.717) is 0 Å². The smallest absolute Gasteiger partial charge is 0.192 e. The fraction of sp³-hybridized carbons (Fsp3) is 0.303. The van der Waals surface area contributed by atoms with Gasteiger partial charge in [-0.1, -0.05) is 127 Å². The SMILES string of the molecule is CC(C)(C)c1ccccc1SC1(Sc2ccccc2C(C)(C)C)C=CC(C(=O)c2ccccc2)=CC1. The van der Waals surface area contributed by atoms with E-state index in [4.69, 9.17) is 0 Å². The van der Waals surface area contributed by atoms with Crippen molar-refractivity contribution in [2.45, 2.75) is 72.7 Å². The highest BCUT2D eigenvalue weighted by Gasteiger charge is 2.35. The number of rotatable bonds is 6. The molecule has 0 radical (unpaired) electrons. The summed E-state index contributed by atoms with van der Waals surface area (Å²) in [6.45, 7) is 13.6. The fourth-order valence-corrected chi connectivity index (χ4v) is 7.74. The first-order valence-corrected chi connectivity index (χ1v) is 14.2. The Kier molecular flexibility index (Phi) is 7.73. The Morgan fingerprint density at radius 1 is 0.694 bits per heavy atom. The number of hydrogen-bond donors (Lipinski definition) is 0. The lowest BCUT2D eigenvalue weighted by Crippen LogP contribution is -2.23. The first-order chi connectivity index (χ1) is 17.0. The average Bonchev–Trinajstić information content (AvgIpc) is 2.84. The second-order valence-electron chi connectivity index (χ2n) is 11.4. The molecule has 1 aliphatic rings. The third-order valence-electron chi connectivity index (χ3n) is 6.38. The topological polar surface area (TPSA) is 17.1 Å². The van der Waals surface area contributed by atoms with Gasteiger partial charge in [-0.2, -0.15) is 0 Å². The highest BCUT2D eigenvalue weighted by Crippen LogP contribution is 2.54. The van der Waals surface area contributed by atoms with Crippen LogP contribution in [0, 0.1) is 0 Å². The van der Waals surface area contributed by atoms with E-state index in [0.717, 1.165) is 17.6 Å². The van der Waals surface area contributed by atoms with Crippen LogP contribution in [0.4, 0.5) is 0 Å². The first kappa shape index (κ1) is 26.6. The standard InChI is InChI=1S/C33H36OS2/c1-31(2,3)26-16-10-12-18-28(26)35-33(36-29-19-13-11-17-27(29)32(4,5)6)22-20-25(21-23-33)30(34)24-14-8-7-9-15-24/h7-22H,23H2,1-6H3. The minimum Gasteiger partial charge on any atom is -0.289 e. The third-order valence-corrected chi connectivity index (χ3v) is 9.33. The molecule has 0 amide bonds. The van der Waals surface area contributed by atoms with E-state index >= 15 is 0 Å². The maximum atomic E-state index is 13.2. The molecule has 0 heterocycles. The lowest BCUT2D eigenvalue weighted by Gasteiger charge is -2.35. The summed E-state index contributed by atoms with van der Waals surface area (Å²) in [4.78, 5) is 15.8. The number of ketones is 1. The Morgan fingerprint density at radius 2 is 1.17 bits per heavy atom. The van der Waals surface area contributed by atoms with E-state index in [2.05, 4.69) is 102 Å². The van der Waals surface area contributed by atoms with E-state index < -0.39 is 0 Å². The second kappa shape index (κ2) is 10.5. The highest BCUT2D eigenvalue weighted by atomic mass is 32.2. The lowest BCUT2D eigenvalue weighted by molar-refractivity contribution is 0.103. The number of hydrogen-bond acceptors (Lipinski definition) is 3. The molecule has 0 fully saturated rings. The molecule has 0 spiro atoms. The number of allylic oxidation sites excluding steroid dienone is 3. The van der Waals surface area contributed by atoms with Gasteiger partial charge in [0, 0.05) is 20.9 Å². The van der Waals surface area contributed by atoms with Crippen LogP contribution >= 0.6 is 23.5 Å². The Bertz CT molecular complexity index is 1230. The molecule has 0 saturated carbocycles. The summed E-state index contributed by atoms with van der Waals surface area (Å²) in [5.74, 6) is 0.0839. The highest BCUT2D eigenvalue weighted by molar-refractivity contribution is 8.18. The van der Waals surface area contributed by atoms with Crippen molar-refractivity contribution in [2.75, 3.05) is 0 Å². The zero-order valence-electron chi connectivity index (χ0n) is 22.2. The molecule has 1 nitrogen and oxygen atoms in total. The van der Waals surface area contributed by atoms with Crippen LogP contribution in [0.15, 0.2) is 112 Å². The summed E-state index contributed by atoms with van der Waals surface area (Å²) in [6, 6.07) is 27.1. The van der Waals surface area contributed by atoms with Gasteiger partial charge in [-0.3, -0.25) is 4.79 Å². The molecular weight excluding hydrogens is 476 g/mol. The molecule has 0 aromatic heterocycles. The van der Waals surface area contributed by atoms with Gasteiger partial charge in [0.25, 0.3) is 0 Å². The average molecular weight is 513 g/mol. The third kappa shape index (κ3) is 6.07. The fourth-order valence-electron chi connectivity index (χ4n) is 4.42. The molecule has 3 aromatic rings. The van der Waals surface area contributed by atoms with Crippen LogP contribution in [0.2, 0.25) is 0 Å². The van der Waals surface area contributed by atoms with Gasteiger partial charge in [0.2, 0.25) is 0 Å². The van der Waals surface area contributed by atoms with Crippen molar-refractivity contribution >= 4 is 29.3 Å². The number of carbonyl (C=O) groups is 1. The summed E-state index contributed by atoms with van der Waals surface area (Å²) in [6.07, 6.45) is 7.20. The molecule has 0 saturated heterocycles. The summed E-state index contributed by atoms with van der Waals surface area (Å²) >= 11 is 3.82. The summed E-state index contributed by atoms with van der Waals surface area (Å²) in [5.41, 5.74) is 4.29. The second-order valence-corrected chi connectivity index (χ2v) is 14.4. The maximum absolute atomic E-state index is 13.2. The molecule has 0 aliphatic heterocycles. The van der Waals surface area contributed by atoms with Gasteiger partial charge in [-0.25, -0.2) is 0 Å². The molecule has 0 N–H and O–H groups in total. The number of thioether (sulfide) groups is 2. The zero-order chi connectivity index (χ0) is 26.0. The monoisotopic (exact) mass is 512 g/mol. The molecule has 36 heavy (non-hydrogen) atoms. The number of carbonyl (C=O) groups excluding carboxylic acids is 1. The van der Waals surface area contributed by atoms with Crippen LogP contribution in [0.3, 0.4) is 0 Å². The molecule has 3 heteroatoms. The van der Waals surface area contributed by atoms with Crippen molar-refractivity contribution < 1.29 is 4.79 Å². The molecule has 0 atom stereocenters. The van der Waals surface area contributed by atoms with E-state index in [1.54, 1.807) is 0 Å². The summed E-state index contributed by atoms with van der Waals surface area (Å²) in [7, 11) is 0. The van der Waals surface area contributed by atoms with Gasteiger partial charge in [0.15, 0.2) is 5.78 Å². The van der Waals surface area contributed by atoms with Crippen molar-refractivity contribution in [1.29, 1.82) is 0 Å². The van der Waals surface area contributed by atoms with Gasteiger partial charge in [-0.05, 0) is 40.5 Å². The van der Waals surface area contributed by atoms with E-state index in [-0.39, 0.29) is 20.7 Å². The van der Waals surface area contributed by atoms with Crippen LogP contribution in [0.5, 0.6) is 0 Å². The Hall–Kier alpha value is -2.49. The quantitative estimate of drug-likeness (QED) is 0.242.